The molecular weight excluding hydrogens is 233 g/mol. The van der Waals surface area contributed by atoms with Gasteiger partial charge in [-0.15, -0.1) is 0 Å². The van der Waals surface area contributed by atoms with E-state index in [-0.39, 0.29) is 5.82 Å². The van der Waals surface area contributed by atoms with Crippen molar-refractivity contribution < 1.29 is 4.39 Å². The molecule has 0 bridgehead atoms. The highest BCUT2D eigenvalue weighted by Gasteiger charge is 2.10. The zero-order valence-electron chi connectivity index (χ0n) is 7.82. The van der Waals surface area contributed by atoms with Crippen LogP contribution in [0.25, 0.3) is 0 Å². The highest BCUT2D eigenvalue weighted by Crippen LogP contribution is 2.25. The second-order valence-electron chi connectivity index (χ2n) is 3.13. The van der Waals surface area contributed by atoms with Crippen molar-refractivity contribution in [1.29, 1.82) is 0 Å². The van der Waals surface area contributed by atoms with E-state index >= 15 is 0 Å². The molecule has 0 spiro atoms. The molecule has 1 rings (SSSR count). The molecule has 0 saturated heterocycles. The largest absolute Gasteiger partial charge is 0.330 e. The van der Waals surface area contributed by atoms with Crippen molar-refractivity contribution in [1.82, 2.24) is 0 Å². The minimum Gasteiger partial charge on any atom is -0.330 e. The van der Waals surface area contributed by atoms with Crippen LogP contribution >= 0.6 is 15.9 Å². The SMILES string of the molecule is Cc1cc(Br)c(F)c(CCN)c1C. The highest BCUT2D eigenvalue weighted by atomic mass is 79.9. The van der Waals surface area contributed by atoms with Gasteiger partial charge in [0, 0.05) is 0 Å². The number of hydrogen-bond donors (Lipinski definition) is 1. The number of aryl methyl sites for hydroxylation is 1. The molecule has 0 aliphatic carbocycles. The average Bonchev–Trinajstić information content (AvgIpc) is 2.09. The first-order valence-corrected chi connectivity index (χ1v) is 5.01. The van der Waals surface area contributed by atoms with Crippen LogP contribution < -0.4 is 5.73 Å². The fraction of sp³-hybridized carbons (Fsp3) is 0.400. The summed E-state index contributed by atoms with van der Waals surface area (Å²) in [5, 5.41) is 0. The smallest absolute Gasteiger partial charge is 0.140 e. The fourth-order valence-corrected chi connectivity index (χ4v) is 1.93. The Kier molecular flexibility index (Phi) is 3.45. The molecule has 2 N–H and O–H groups in total. The van der Waals surface area contributed by atoms with Gasteiger partial charge in [0.05, 0.1) is 4.47 Å². The molecule has 0 radical (unpaired) electrons. The van der Waals surface area contributed by atoms with Gasteiger partial charge in [-0.3, -0.25) is 0 Å². The minimum atomic E-state index is -0.173. The van der Waals surface area contributed by atoms with Gasteiger partial charge in [0.1, 0.15) is 5.82 Å². The predicted molar refractivity (Wildman–Crippen MR) is 56.3 cm³/mol. The molecule has 1 nitrogen and oxygen atoms in total. The maximum atomic E-state index is 13.5. The van der Waals surface area contributed by atoms with Crippen LogP contribution in [0.3, 0.4) is 0 Å². The van der Waals surface area contributed by atoms with E-state index in [9.17, 15) is 4.39 Å². The molecule has 0 aliphatic rings. The Morgan fingerprint density at radius 3 is 2.62 bits per heavy atom. The number of benzene rings is 1. The molecule has 0 aliphatic heterocycles. The van der Waals surface area contributed by atoms with Gasteiger partial charge in [-0.05, 0) is 65.5 Å². The quantitative estimate of drug-likeness (QED) is 0.853. The average molecular weight is 246 g/mol. The number of hydrogen-bond acceptors (Lipinski definition) is 1. The van der Waals surface area contributed by atoms with Gasteiger partial charge in [0.25, 0.3) is 0 Å². The Balaban J connectivity index is 3.28. The fourth-order valence-electron chi connectivity index (χ4n) is 1.35. The van der Waals surface area contributed by atoms with Crippen molar-refractivity contribution in [2.24, 2.45) is 5.73 Å². The van der Waals surface area contributed by atoms with Gasteiger partial charge in [0.15, 0.2) is 0 Å². The first-order valence-electron chi connectivity index (χ1n) is 4.22. The monoisotopic (exact) mass is 245 g/mol. The van der Waals surface area contributed by atoms with Crippen LogP contribution in [-0.2, 0) is 6.42 Å². The van der Waals surface area contributed by atoms with Crippen molar-refractivity contribution in [3.63, 3.8) is 0 Å². The van der Waals surface area contributed by atoms with E-state index in [1.165, 1.54) is 0 Å². The first kappa shape index (κ1) is 10.7. The molecule has 0 heterocycles. The Bertz CT molecular complexity index is 297. The zero-order valence-corrected chi connectivity index (χ0v) is 9.41. The van der Waals surface area contributed by atoms with E-state index in [1.807, 2.05) is 13.8 Å². The van der Waals surface area contributed by atoms with Crippen molar-refractivity contribution >= 4 is 15.9 Å². The van der Waals surface area contributed by atoms with Crippen LogP contribution in [0.15, 0.2) is 10.5 Å². The second kappa shape index (κ2) is 4.20. The summed E-state index contributed by atoms with van der Waals surface area (Å²) in [6.45, 7) is 4.38. The molecule has 0 amide bonds. The van der Waals surface area contributed by atoms with Crippen LogP contribution in [-0.4, -0.2) is 6.54 Å². The molecular formula is C10H13BrFN. The maximum Gasteiger partial charge on any atom is 0.140 e. The van der Waals surface area contributed by atoms with Crippen LogP contribution in [0.2, 0.25) is 0 Å². The number of rotatable bonds is 2. The lowest BCUT2D eigenvalue weighted by molar-refractivity contribution is 0.600. The molecule has 0 fully saturated rings. The molecule has 13 heavy (non-hydrogen) atoms. The van der Waals surface area contributed by atoms with Gasteiger partial charge in [-0.25, -0.2) is 4.39 Å². The van der Waals surface area contributed by atoms with E-state index in [0.29, 0.717) is 17.4 Å². The summed E-state index contributed by atoms with van der Waals surface area (Å²) in [4.78, 5) is 0. The van der Waals surface area contributed by atoms with E-state index in [4.69, 9.17) is 5.73 Å². The summed E-state index contributed by atoms with van der Waals surface area (Å²) in [5.41, 5.74) is 8.25. The van der Waals surface area contributed by atoms with Gasteiger partial charge in [-0.1, -0.05) is 0 Å². The lowest BCUT2D eigenvalue weighted by atomic mass is 10.0. The van der Waals surface area contributed by atoms with Crippen molar-refractivity contribution in [3.05, 3.63) is 33.0 Å². The van der Waals surface area contributed by atoms with Crippen molar-refractivity contribution in [2.75, 3.05) is 6.54 Å². The molecule has 3 heteroatoms. The van der Waals surface area contributed by atoms with E-state index < -0.39 is 0 Å². The zero-order chi connectivity index (χ0) is 10.0. The third-order valence-corrected chi connectivity index (χ3v) is 2.83. The van der Waals surface area contributed by atoms with Gasteiger partial charge in [0.2, 0.25) is 0 Å². The third kappa shape index (κ3) is 2.09. The summed E-state index contributed by atoms with van der Waals surface area (Å²) < 4.78 is 14.1. The van der Waals surface area contributed by atoms with E-state index in [1.54, 1.807) is 6.07 Å². The lowest BCUT2D eigenvalue weighted by Gasteiger charge is -2.10. The molecule has 1 aromatic rings. The van der Waals surface area contributed by atoms with Crippen LogP contribution in [0.4, 0.5) is 4.39 Å². The number of nitrogens with two attached hydrogens (primary N) is 1. The Morgan fingerprint density at radius 1 is 1.46 bits per heavy atom. The lowest BCUT2D eigenvalue weighted by Crippen LogP contribution is -2.07. The van der Waals surface area contributed by atoms with E-state index in [2.05, 4.69) is 15.9 Å². The van der Waals surface area contributed by atoms with Gasteiger partial charge < -0.3 is 5.73 Å². The van der Waals surface area contributed by atoms with Crippen LogP contribution in [0.1, 0.15) is 16.7 Å². The van der Waals surface area contributed by atoms with Crippen LogP contribution in [0, 0.1) is 19.7 Å². The van der Waals surface area contributed by atoms with Crippen molar-refractivity contribution in [3.8, 4) is 0 Å². The van der Waals surface area contributed by atoms with E-state index in [0.717, 1.165) is 16.7 Å². The van der Waals surface area contributed by atoms with Gasteiger partial charge in [-0.2, -0.15) is 0 Å². The first-order chi connectivity index (χ1) is 6.07. The molecule has 72 valence electrons. The van der Waals surface area contributed by atoms with Crippen LogP contribution in [0.5, 0.6) is 0 Å². The molecule has 0 atom stereocenters. The Morgan fingerprint density at radius 2 is 2.08 bits per heavy atom. The minimum absolute atomic E-state index is 0.173. The molecule has 0 unspecified atom stereocenters. The number of halogens is 2. The second-order valence-corrected chi connectivity index (χ2v) is 3.99. The standard InChI is InChI=1S/C10H13BrFN/c1-6-5-9(11)10(12)8(3-4-13)7(6)2/h5H,3-4,13H2,1-2H3. The summed E-state index contributed by atoms with van der Waals surface area (Å²) in [7, 11) is 0. The summed E-state index contributed by atoms with van der Waals surface area (Å²) >= 11 is 3.19. The predicted octanol–water partition coefficient (Wildman–Crippen LogP) is 2.71. The maximum absolute atomic E-state index is 13.5. The van der Waals surface area contributed by atoms with Gasteiger partial charge >= 0.3 is 0 Å². The Labute approximate surface area is 86.3 Å². The summed E-state index contributed by atoms with van der Waals surface area (Å²) in [6.07, 6.45) is 0.595. The molecule has 0 saturated carbocycles. The molecule has 1 aromatic carbocycles. The normalized spacial score (nSPS) is 10.5. The summed E-state index contributed by atoms with van der Waals surface area (Å²) in [6, 6.07) is 1.80. The summed E-state index contributed by atoms with van der Waals surface area (Å²) in [5.74, 6) is -0.173. The Hall–Kier alpha value is -0.410. The third-order valence-electron chi connectivity index (χ3n) is 2.26. The molecule has 0 aromatic heterocycles. The topological polar surface area (TPSA) is 26.0 Å². The highest BCUT2D eigenvalue weighted by molar-refractivity contribution is 9.10. The van der Waals surface area contributed by atoms with Crippen molar-refractivity contribution in [2.45, 2.75) is 20.3 Å².